The van der Waals surface area contributed by atoms with Gasteiger partial charge in [-0.05, 0) is 31.1 Å². The molecule has 0 N–H and O–H groups in total. The molecular formula is C19H30N4O3S. The molecule has 1 saturated carbocycles. The number of likely N-dealkylation sites (N-methyl/N-ethyl adjacent to an activating group) is 1. The Morgan fingerprint density at radius 2 is 2.00 bits per heavy atom. The second kappa shape index (κ2) is 9.51. The summed E-state index contributed by atoms with van der Waals surface area (Å²) in [5, 5.41) is 6.12. The van der Waals surface area contributed by atoms with E-state index in [0.29, 0.717) is 11.6 Å². The lowest BCUT2D eigenvalue weighted by Crippen LogP contribution is -2.52. The van der Waals surface area contributed by atoms with Crippen molar-refractivity contribution in [2.75, 3.05) is 26.4 Å². The Hall–Kier alpha value is -1.66. The molecule has 2 fully saturated rings. The fourth-order valence-corrected chi connectivity index (χ4v) is 5.05. The van der Waals surface area contributed by atoms with Crippen LogP contribution < -0.4 is 0 Å². The van der Waals surface area contributed by atoms with Crippen LogP contribution in [0.2, 0.25) is 0 Å². The first-order valence-electron chi connectivity index (χ1n) is 9.66. The second-order valence-corrected chi connectivity index (χ2v) is 8.93. The van der Waals surface area contributed by atoms with Crippen molar-refractivity contribution in [3.8, 4) is 0 Å². The van der Waals surface area contributed by atoms with Gasteiger partial charge in [-0.3, -0.25) is 9.59 Å². The van der Waals surface area contributed by atoms with E-state index in [9.17, 15) is 14.4 Å². The maximum atomic E-state index is 13.3. The van der Waals surface area contributed by atoms with E-state index in [0.717, 1.165) is 49.4 Å². The lowest BCUT2D eigenvalue weighted by molar-refractivity contribution is -0.148. The van der Waals surface area contributed by atoms with Gasteiger partial charge >= 0.3 is 5.91 Å². The van der Waals surface area contributed by atoms with Crippen molar-refractivity contribution < 1.29 is 14.4 Å². The van der Waals surface area contributed by atoms with Crippen LogP contribution in [-0.2, 0) is 14.4 Å². The van der Waals surface area contributed by atoms with E-state index in [1.165, 1.54) is 7.05 Å². The number of aliphatic imine (C=N–C) groups is 1. The Morgan fingerprint density at radius 3 is 2.52 bits per heavy atom. The molecular weight excluding hydrogens is 364 g/mol. The highest BCUT2D eigenvalue weighted by Gasteiger charge is 2.50. The molecule has 150 valence electrons. The third kappa shape index (κ3) is 4.99. The van der Waals surface area contributed by atoms with Crippen LogP contribution in [0.5, 0.6) is 0 Å². The number of hydrogen-bond donors (Lipinski definition) is 0. The van der Waals surface area contributed by atoms with Crippen LogP contribution >= 0.6 is 11.8 Å². The normalized spacial score (nSPS) is 21.8. The Kier molecular flexibility index (Phi) is 7.62. The van der Waals surface area contributed by atoms with Crippen LogP contribution in [0.15, 0.2) is 10.1 Å². The van der Waals surface area contributed by atoms with Crippen LogP contribution in [0, 0.1) is 11.8 Å². The number of rotatable bonds is 7. The quantitative estimate of drug-likeness (QED) is 0.287. The Labute approximate surface area is 165 Å². The van der Waals surface area contributed by atoms with Crippen LogP contribution in [0.3, 0.4) is 0 Å². The molecule has 1 aliphatic carbocycles. The van der Waals surface area contributed by atoms with Crippen molar-refractivity contribution in [2.24, 2.45) is 21.9 Å². The van der Waals surface area contributed by atoms with Crippen molar-refractivity contribution in [3.63, 3.8) is 0 Å². The van der Waals surface area contributed by atoms with E-state index < -0.39 is 17.2 Å². The van der Waals surface area contributed by atoms with Crippen LogP contribution in [0.1, 0.15) is 52.4 Å². The molecule has 0 aromatic rings. The Balaban J connectivity index is 2.33. The molecule has 0 spiro atoms. The number of amides is 1. The van der Waals surface area contributed by atoms with E-state index in [4.69, 9.17) is 0 Å². The lowest BCUT2D eigenvalue weighted by Gasteiger charge is -2.38. The average Bonchev–Trinajstić information content (AvgIpc) is 3.05. The summed E-state index contributed by atoms with van der Waals surface area (Å²) in [6.45, 7) is 4.81. The van der Waals surface area contributed by atoms with E-state index in [-0.39, 0.29) is 11.8 Å². The average molecular weight is 395 g/mol. The van der Waals surface area contributed by atoms with Gasteiger partial charge < -0.3 is 4.90 Å². The largest absolute Gasteiger partial charge is 0.352 e. The molecule has 1 heterocycles. The van der Waals surface area contributed by atoms with Gasteiger partial charge in [0.05, 0.1) is 0 Å². The van der Waals surface area contributed by atoms with Gasteiger partial charge in [-0.1, -0.05) is 44.9 Å². The predicted octanol–water partition coefficient (Wildman–Crippen LogP) is 2.66. The Morgan fingerprint density at radius 1 is 1.33 bits per heavy atom. The van der Waals surface area contributed by atoms with Crippen molar-refractivity contribution in [2.45, 2.75) is 57.9 Å². The number of hydrogen-bond acceptors (Lipinski definition) is 6. The zero-order chi connectivity index (χ0) is 20.0. The van der Waals surface area contributed by atoms with Gasteiger partial charge in [0.25, 0.3) is 5.78 Å². The number of isocyanates is 1. The number of amidine groups is 1. The molecule has 1 aliphatic heterocycles. The molecule has 0 aromatic carbocycles. The van der Waals surface area contributed by atoms with E-state index in [1.807, 2.05) is 25.8 Å². The smallest absolute Gasteiger partial charge is 0.312 e. The molecule has 0 aromatic heterocycles. The summed E-state index contributed by atoms with van der Waals surface area (Å²) in [5.41, 5.74) is -1.32. The third-order valence-electron chi connectivity index (χ3n) is 5.35. The van der Waals surface area contributed by atoms with Gasteiger partial charge in [0.15, 0.2) is 5.17 Å². The zero-order valence-electron chi connectivity index (χ0n) is 16.7. The van der Waals surface area contributed by atoms with E-state index in [1.54, 1.807) is 17.8 Å². The van der Waals surface area contributed by atoms with Gasteiger partial charge in [-0.2, -0.15) is 4.99 Å². The number of hydrazone groups is 1. The molecule has 0 bridgehead atoms. The summed E-state index contributed by atoms with van der Waals surface area (Å²) in [4.78, 5) is 43.5. The highest BCUT2D eigenvalue weighted by atomic mass is 32.2. The minimum atomic E-state index is -1.32. The number of carbonyl (C=O) groups excluding carboxylic acids is 3. The number of Topliss-reactive ketones (excluding diaryl/α,β-unsaturated/α-hetero) is 1. The number of carbonyl (C=O) groups is 2. The molecule has 2 aliphatic rings. The monoisotopic (exact) mass is 394 g/mol. The molecule has 1 amide bonds. The summed E-state index contributed by atoms with van der Waals surface area (Å²) < 4.78 is 0. The van der Waals surface area contributed by atoms with Crippen molar-refractivity contribution in [1.82, 2.24) is 9.91 Å². The van der Waals surface area contributed by atoms with E-state index in [2.05, 4.69) is 10.1 Å². The fraction of sp³-hybridized carbons (Fsp3) is 0.789. The van der Waals surface area contributed by atoms with Crippen LogP contribution in [0.25, 0.3) is 0 Å². The highest BCUT2D eigenvalue weighted by Crippen LogP contribution is 2.40. The molecule has 1 atom stereocenters. The molecule has 7 nitrogen and oxygen atoms in total. The van der Waals surface area contributed by atoms with Crippen molar-refractivity contribution in [1.29, 1.82) is 0 Å². The number of thioether (sulfide) groups is 1. The summed E-state index contributed by atoms with van der Waals surface area (Å²) in [5.74, 6) is -0.428. The number of nitrogens with zero attached hydrogens (tertiary/aromatic N) is 4. The summed E-state index contributed by atoms with van der Waals surface area (Å²) in [7, 11) is 3.40. The van der Waals surface area contributed by atoms with Crippen molar-refractivity contribution >= 4 is 34.7 Å². The first-order chi connectivity index (χ1) is 12.8. The van der Waals surface area contributed by atoms with Crippen LogP contribution in [0.4, 0.5) is 0 Å². The first kappa shape index (κ1) is 21.6. The predicted molar refractivity (Wildman–Crippen MR) is 107 cm³/mol. The maximum absolute atomic E-state index is 13.3. The van der Waals surface area contributed by atoms with Gasteiger partial charge in [-0.25, -0.2) is 9.80 Å². The van der Waals surface area contributed by atoms with Gasteiger partial charge in [-0.15, -0.1) is 5.10 Å². The molecule has 0 radical (unpaired) electrons. The SMILES string of the molecule is CC(C)CC(N=C=O)(C(=O)C(=O)N(C)N=C1SCCN1C)C1CCCCC1. The molecule has 2 rings (SSSR count). The summed E-state index contributed by atoms with van der Waals surface area (Å²) >= 11 is 1.55. The topological polar surface area (TPSA) is 82.4 Å². The maximum Gasteiger partial charge on any atom is 0.312 e. The minimum Gasteiger partial charge on any atom is -0.352 e. The third-order valence-corrected chi connectivity index (χ3v) is 6.38. The summed E-state index contributed by atoms with van der Waals surface area (Å²) in [6.07, 6.45) is 6.65. The standard InChI is InChI=1S/C19H30N4O3S/c1-14(2)12-19(20-13-24,15-8-6-5-7-9-15)16(25)17(26)23(4)21-18-22(3)10-11-27-18/h14-15H,5-12H2,1-4H3. The fourth-order valence-electron chi connectivity index (χ4n) is 4.01. The molecule has 1 saturated heterocycles. The molecule has 1 unspecified atom stereocenters. The molecule has 27 heavy (non-hydrogen) atoms. The first-order valence-corrected chi connectivity index (χ1v) is 10.6. The van der Waals surface area contributed by atoms with Gasteiger partial charge in [0, 0.05) is 26.4 Å². The zero-order valence-corrected chi connectivity index (χ0v) is 17.5. The van der Waals surface area contributed by atoms with Crippen LogP contribution in [-0.4, -0.2) is 64.8 Å². The van der Waals surface area contributed by atoms with Gasteiger partial charge in [0.1, 0.15) is 5.54 Å². The van der Waals surface area contributed by atoms with E-state index >= 15 is 0 Å². The Bertz CT molecular complexity index is 639. The minimum absolute atomic E-state index is 0.101. The van der Waals surface area contributed by atoms with Gasteiger partial charge in [0.2, 0.25) is 6.08 Å². The highest BCUT2D eigenvalue weighted by molar-refractivity contribution is 8.14. The number of ketones is 1. The lowest BCUT2D eigenvalue weighted by atomic mass is 9.69. The molecule has 8 heteroatoms. The second-order valence-electron chi connectivity index (χ2n) is 7.87. The van der Waals surface area contributed by atoms with Crippen molar-refractivity contribution in [3.05, 3.63) is 0 Å². The summed E-state index contributed by atoms with van der Waals surface area (Å²) in [6, 6.07) is 0.